The maximum Gasteiger partial charge on any atom is 0.229 e. The van der Waals surface area contributed by atoms with E-state index in [4.69, 9.17) is 0 Å². The van der Waals surface area contributed by atoms with Gasteiger partial charge in [0.05, 0.1) is 16.4 Å². The number of rotatable bonds is 3. The van der Waals surface area contributed by atoms with Crippen LogP contribution in [-0.2, 0) is 4.79 Å². The summed E-state index contributed by atoms with van der Waals surface area (Å²) in [5, 5.41) is 3.26. The maximum absolute atomic E-state index is 13.7. The number of thiazole rings is 1. The summed E-state index contributed by atoms with van der Waals surface area (Å²) < 4.78 is 27.5. The molecule has 2 heterocycles. The zero-order valence-electron chi connectivity index (χ0n) is 13.4. The molecule has 1 saturated carbocycles. The minimum Gasteiger partial charge on any atom is -0.302 e. The molecule has 1 fully saturated rings. The van der Waals surface area contributed by atoms with Crippen LogP contribution in [0.25, 0.3) is 21.3 Å². The van der Waals surface area contributed by atoms with Crippen molar-refractivity contribution >= 4 is 32.6 Å². The summed E-state index contributed by atoms with van der Waals surface area (Å²) in [5.41, 5.74) is 2.86. The van der Waals surface area contributed by atoms with Gasteiger partial charge in [-0.15, -0.1) is 0 Å². The number of fused-ring (bicyclic) bond motifs is 1. The number of anilines is 1. The van der Waals surface area contributed by atoms with Crippen LogP contribution in [0.3, 0.4) is 0 Å². The number of carbonyl (C=O) groups is 1. The summed E-state index contributed by atoms with van der Waals surface area (Å²) in [6.45, 7) is 1.71. The summed E-state index contributed by atoms with van der Waals surface area (Å²) in [4.78, 5) is 20.3. The van der Waals surface area contributed by atoms with Crippen LogP contribution >= 0.6 is 11.3 Å². The van der Waals surface area contributed by atoms with Gasteiger partial charge in [0, 0.05) is 17.7 Å². The van der Waals surface area contributed by atoms with Crippen LogP contribution in [0.4, 0.5) is 13.9 Å². The average molecular weight is 359 g/mol. The highest BCUT2D eigenvalue weighted by atomic mass is 32.1. The average Bonchev–Trinajstić information content (AvgIpc) is 2.95. The van der Waals surface area contributed by atoms with E-state index in [9.17, 15) is 13.6 Å². The molecular weight excluding hydrogens is 344 g/mol. The van der Waals surface area contributed by atoms with E-state index in [2.05, 4.69) is 15.3 Å². The molecule has 7 heteroatoms. The third kappa shape index (κ3) is 3.00. The van der Waals surface area contributed by atoms with Crippen molar-refractivity contribution in [3.05, 3.63) is 42.0 Å². The molecule has 0 atom stereocenters. The molecule has 0 aliphatic heterocycles. The van der Waals surface area contributed by atoms with E-state index in [1.165, 1.54) is 17.5 Å². The van der Waals surface area contributed by atoms with Crippen LogP contribution in [-0.4, -0.2) is 22.0 Å². The van der Waals surface area contributed by atoms with Crippen molar-refractivity contribution in [1.82, 2.24) is 9.97 Å². The van der Waals surface area contributed by atoms with Crippen molar-refractivity contribution in [2.24, 2.45) is 5.92 Å². The van der Waals surface area contributed by atoms with Gasteiger partial charge in [0.15, 0.2) is 5.13 Å². The molecule has 4 rings (SSSR count). The maximum atomic E-state index is 13.7. The first-order valence-corrected chi connectivity index (χ1v) is 8.79. The fourth-order valence-electron chi connectivity index (χ4n) is 2.91. The first kappa shape index (κ1) is 16.1. The number of alkyl halides is 1. The molecule has 2 aromatic heterocycles. The van der Waals surface area contributed by atoms with Crippen molar-refractivity contribution in [3.63, 3.8) is 0 Å². The van der Waals surface area contributed by atoms with Crippen molar-refractivity contribution < 1.29 is 13.6 Å². The minimum atomic E-state index is -0.864. The van der Waals surface area contributed by atoms with Crippen LogP contribution < -0.4 is 5.32 Å². The number of amides is 1. The Morgan fingerprint density at radius 1 is 1.32 bits per heavy atom. The molecule has 1 aromatic carbocycles. The lowest BCUT2D eigenvalue weighted by Gasteiger charge is -2.27. The number of hydrogen-bond donors (Lipinski definition) is 1. The van der Waals surface area contributed by atoms with Gasteiger partial charge in [-0.1, -0.05) is 17.4 Å². The molecular formula is C18H15F2N3OS. The number of nitrogens with zero attached hydrogens (tertiary/aromatic N) is 2. The third-order valence-corrected chi connectivity index (χ3v) is 5.47. The first-order chi connectivity index (χ1) is 12.0. The van der Waals surface area contributed by atoms with Crippen LogP contribution in [0.15, 0.2) is 30.6 Å². The lowest BCUT2D eigenvalue weighted by molar-refractivity contribution is -0.124. The highest BCUT2D eigenvalue weighted by molar-refractivity contribution is 7.22. The van der Waals surface area contributed by atoms with Crippen LogP contribution in [0.1, 0.15) is 18.4 Å². The Labute approximate surface area is 146 Å². The highest BCUT2D eigenvalue weighted by Crippen LogP contribution is 2.34. The fourth-order valence-corrected chi connectivity index (χ4v) is 3.81. The number of pyridine rings is 1. The Kier molecular flexibility index (Phi) is 3.95. The van der Waals surface area contributed by atoms with E-state index in [-0.39, 0.29) is 30.5 Å². The third-order valence-electron chi connectivity index (χ3n) is 4.53. The Morgan fingerprint density at radius 3 is 2.88 bits per heavy atom. The molecule has 1 aliphatic carbocycles. The van der Waals surface area contributed by atoms with Crippen LogP contribution in [0.2, 0.25) is 0 Å². The van der Waals surface area contributed by atoms with Gasteiger partial charge in [-0.05, 0) is 43.0 Å². The monoisotopic (exact) mass is 359 g/mol. The van der Waals surface area contributed by atoms with Crippen LogP contribution in [0.5, 0.6) is 0 Å². The second kappa shape index (κ2) is 6.15. The molecule has 128 valence electrons. The Bertz CT molecular complexity index is 966. The lowest BCUT2D eigenvalue weighted by atomic mass is 9.83. The molecule has 1 N–H and O–H groups in total. The standard InChI is InChI=1S/C18H15F2N3OS/c1-9-13(7-21-8-14(9)20)10-2-3-15-16(6-10)25-18(22-15)23-17(24)11-4-12(19)5-11/h2-3,6-8,11-12H,4-5H2,1H3,(H,22,23,24). The zero-order valence-corrected chi connectivity index (χ0v) is 14.2. The normalized spacial score (nSPS) is 19.6. The quantitative estimate of drug-likeness (QED) is 0.749. The summed E-state index contributed by atoms with van der Waals surface area (Å²) in [6, 6.07) is 5.60. The van der Waals surface area contributed by atoms with Gasteiger partial charge in [0.25, 0.3) is 0 Å². The molecule has 0 bridgehead atoms. The second-order valence-corrected chi connectivity index (χ2v) is 7.28. The van der Waals surface area contributed by atoms with E-state index < -0.39 is 6.17 Å². The summed E-state index contributed by atoms with van der Waals surface area (Å²) in [6.07, 6.45) is 2.53. The van der Waals surface area contributed by atoms with Gasteiger partial charge in [-0.3, -0.25) is 9.78 Å². The fraction of sp³-hybridized carbons (Fsp3) is 0.278. The van der Waals surface area contributed by atoms with E-state index in [0.717, 1.165) is 21.3 Å². The Morgan fingerprint density at radius 2 is 2.12 bits per heavy atom. The van der Waals surface area contributed by atoms with Crippen LogP contribution in [0, 0.1) is 18.7 Å². The number of benzene rings is 1. The van der Waals surface area contributed by atoms with Crippen molar-refractivity contribution in [3.8, 4) is 11.1 Å². The van der Waals surface area contributed by atoms with E-state index in [0.29, 0.717) is 10.7 Å². The molecule has 1 amide bonds. The molecule has 0 spiro atoms. The molecule has 1 aliphatic rings. The smallest absolute Gasteiger partial charge is 0.229 e. The van der Waals surface area contributed by atoms with E-state index in [1.54, 1.807) is 13.1 Å². The predicted molar refractivity (Wildman–Crippen MR) is 93.8 cm³/mol. The number of nitrogens with one attached hydrogen (secondary N) is 1. The van der Waals surface area contributed by atoms with Gasteiger partial charge in [-0.25, -0.2) is 13.8 Å². The van der Waals surface area contributed by atoms with Gasteiger partial charge in [0.2, 0.25) is 5.91 Å². The minimum absolute atomic E-state index is 0.182. The number of hydrogen-bond acceptors (Lipinski definition) is 4. The molecule has 3 aromatic rings. The van der Waals surface area contributed by atoms with Gasteiger partial charge < -0.3 is 5.32 Å². The first-order valence-electron chi connectivity index (χ1n) is 7.97. The molecule has 0 radical (unpaired) electrons. The summed E-state index contributed by atoms with van der Waals surface area (Å²) >= 11 is 1.35. The van der Waals surface area contributed by atoms with Gasteiger partial charge >= 0.3 is 0 Å². The molecule has 25 heavy (non-hydrogen) atoms. The van der Waals surface area contributed by atoms with E-state index >= 15 is 0 Å². The molecule has 4 nitrogen and oxygen atoms in total. The Hall–Kier alpha value is -2.41. The highest BCUT2D eigenvalue weighted by Gasteiger charge is 2.34. The predicted octanol–water partition coefficient (Wildman–Crippen LogP) is 4.49. The summed E-state index contributed by atoms with van der Waals surface area (Å²) in [7, 11) is 0. The van der Waals surface area contributed by atoms with Crippen molar-refractivity contribution in [2.75, 3.05) is 5.32 Å². The largest absolute Gasteiger partial charge is 0.302 e. The van der Waals surface area contributed by atoms with Crippen molar-refractivity contribution in [1.29, 1.82) is 0 Å². The van der Waals surface area contributed by atoms with Crippen molar-refractivity contribution in [2.45, 2.75) is 25.9 Å². The summed E-state index contributed by atoms with van der Waals surface area (Å²) in [5.74, 6) is -0.793. The molecule has 0 unspecified atom stereocenters. The second-order valence-electron chi connectivity index (χ2n) is 6.25. The molecule has 0 saturated heterocycles. The number of aromatic nitrogens is 2. The van der Waals surface area contributed by atoms with Gasteiger partial charge in [0.1, 0.15) is 12.0 Å². The number of halogens is 2. The Balaban J connectivity index is 1.61. The zero-order chi connectivity index (χ0) is 17.6. The number of carbonyl (C=O) groups excluding carboxylic acids is 1. The van der Waals surface area contributed by atoms with E-state index in [1.807, 2.05) is 18.2 Å². The SMILES string of the molecule is Cc1c(F)cncc1-c1ccc2nc(NC(=O)C3CC(F)C3)sc2c1. The van der Waals surface area contributed by atoms with Gasteiger partial charge in [-0.2, -0.15) is 0 Å². The topological polar surface area (TPSA) is 54.9 Å². The lowest BCUT2D eigenvalue weighted by Crippen LogP contribution is -2.35.